The average molecular weight is 290 g/mol. The molecule has 20 heavy (non-hydrogen) atoms. The van der Waals surface area contributed by atoms with Gasteiger partial charge in [0.2, 0.25) is 0 Å². The summed E-state index contributed by atoms with van der Waals surface area (Å²) in [6, 6.07) is 15.8. The Balaban J connectivity index is 1.75. The molecule has 2 aromatic carbocycles. The number of rotatable bonds is 6. The van der Waals surface area contributed by atoms with E-state index in [0.29, 0.717) is 11.8 Å². The maximum absolute atomic E-state index is 9.24. The maximum atomic E-state index is 9.24. The van der Waals surface area contributed by atoms with E-state index in [4.69, 9.17) is 11.6 Å². The number of phenols is 1. The number of halogens is 1. The summed E-state index contributed by atoms with van der Waals surface area (Å²) in [7, 11) is 0. The lowest BCUT2D eigenvalue weighted by molar-refractivity contribution is 0.474. The van der Waals surface area contributed by atoms with Gasteiger partial charge in [0, 0.05) is 17.6 Å². The summed E-state index contributed by atoms with van der Waals surface area (Å²) in [5.74, 6) is 0.320. The van der Waals surface area contributed by atoms with Gasteiger partial charge in [-0.05, 0) is 55.2 Å². The molecule has 0 amide bonds. The lowest BCUT2D eigenvalue weighted by Crippen LogP contribution is -2.25. The molecule has 0 spiro atoms. The van der Waals surface area contributed by atoms with Crippen molar-refractivity contribution in [1.82, 2.24) is 5.32 Å². The Morgan fingerprint density at radius 1 is 1.10 bits per heavy atom. The SMILES string of the molecule is CC(CCc1ccc(O)cc1)NCc1cccc(Cl)c1. The van der Waals surface area contributed by atoms with E-state index in [1.165, 1.54) is 11.1 Å². The van der Waals surface area contributed by atoms with Crippen molar-refractivity contribution in [1.29, 1.82) is 0 Å². The summed E-state index contributed by atoms with van der Waals surface area (Å²) in [4.78, 5) is 0. The zero-order chi connectivity index (χ0) is 14.4. The molecule has 0 bridgehead atoms. The minimum Gasteiger partial charge on any atom is -0.508 e. The fraction of sp³-hybridized carbons (Fsp3) is 0.294. The van der Waals surface area contributed by atoms with Gasteiger partial charge in [-0.25, -0.2) is 0 Å². The summed E-state index contributed by atoms with van der Waals surface area (Å²) < 4.78 is 0. The van der Waals surface area contributed by atoms with Crippen LogP contribution in [0, 0.1) is 0 Å². The maximum Gasteiger partial charge on any atom is 0.115 e. The van der Waals surface area contributed by atoms with Crippen LogP contribution < -0.4 is 5.32 Å². The van der Waals surface area contributed by atoms with E-state index in [0.717, 1.165) is 24.4 Å². The Kier molecular flexibility index (Phi) is 5.45. The van der Waals surface area contributed by atoms with Crippen molar-refractivity contribution in [2.24, 2.45) is 0 Å². The zero-order valence-electron chi connectivity index (χ0n) is 11.6. The van der Waals surface area contributed by atoms with Crippen LogP contribution in [0.1, 0.15) is 24.5 Å². The predicted octanol–water partition coefficient (Wildman–Crippen LogP) is 4.16. The molecule has 0 heterocycles. The van der Waals surface area contributed by atoms with Crippen LogP contribution in [0.15, 0.2) is 48.5 Å². The van der Waals surface area contributed by atoms with E-state index in [1.54, 1.807) is 12.1 Å². The van der Waals surface area contributed by atoms with E-state index in [-0.39, 0.29) is 0 Å². The minimum absolute atomic E-state index is 0.320. The normalized spacial score (nSPS) is 12.3. The molecule has 106 valence electrons. The van der Waals surface area contributed by atoms with Gasteiger partial charge < -0.3 is 10.4 Å². The summed E-state index contributed by atoms with van der Waals surface area (Å²) >= 11 is 5.97. The van der Waals surface area contributed by atoms with Crippen LogP contribution in [0.2, 0.25) is 5.02 Å². The molecule has 0 saturated heterocycles. The third-order valence-corrected chi connectivity index (χ3v) is 3.58. The molecule has 2 rings (SSSR count). The van der Waals surface area contributed by atoms with E-state index in [9.17, 15) is 5.11 Å². The molecule has 0 saturated carbocycles. The summed E-state index contributed by atoms with van der Waals surface area (Å²) in [6.07, 6.45) is 2.06. The van der Waals surface area contributed by atoms with Gasteiger partial charge in [-0.3, -0.25) is 0 Å². The molecule has 0 aromatic heterocycles. The number of hydrogen-bond acceptors (Lipinski definition) is 2. The summed E-state index contributed by atoms with van der Waals surface area (Å²) in [6.45, 7) is 3.02. The number of nitrogens with one attached hydrogen (secondary N) is 1. The number of phenolic OH excluding ortho intramolecular Hbond substituents is 1. The van der Waals surface area contributed by atoms with Crippen LogP contribution in [0.4, 0.5) is 0 Å². The van der Waals surface area contributed by atoms with Crippen molar-refractivity contribution in [3.05, 3.63) is 64.7 Å². The molecule has 0 aliphatic rings. The number of aryl methyl sites for hydroxylation is 1. The highest BCUT2D eigenvalue weighted by Crippen LogP contribution is 2.13. The van der Waals surface area contributed by atoms with Crippen LogP contribution in [0.25, 0.3) is 0 Å². The molecule has 3 heteroatoms. The molecule has 0 aliphatic heterocycles. The largest absolute Gasteiger partial charge is 0.508 e. The molecule has 1 unspecified atom stereocenters. The predicted molar refractivity (Wildman–Crippen MR) is 84.2 cm³/mol. The second-order valence-electron chi connectivity index (χ2n) is 5.12. The molecule has 2 aromatic rings. The van der Waals surface area contributed by atoms with Gasteiger partial charge in [0.1, 0.15) is 5.75 Å². The monoisotopic (exact) mass is 289 g/mol. The molecule has 2 N–H and O–H groups in total. The highest BCUT2D eigenvalue weighted by atomic mass is 35.5. The van der Waals surface area contributed by atoms with E-state index in [2.05, 4.69) is 18.3 Å². The summed E-state index contributed by atoms with van der Waals surface area (Å²) in [5, 5.41) is 13.5. The molecular weight excluding hydrogens is 270 g/mol. The Hall–Kier alpha value is -1.51. The van der Waals surface area contributed by atoms with Gasteiger partial charge in [-0.1, -0.05) is 35.9 Å². The number of hydrogen-bond donors (Lipinski definition) is 2. The van der Waals surface area contributed by atoms with Gasteiger partial charge in [0.15, 0.2) is 0 Å². The van der Waals surface area contributed by atoms with E-state index >= 15 is 0 Å². The third-order valence-electron chi connectivity index (χ3n) is 3.35. The Labute approximate surface area is 125 Å². The zero-order valence-corrected chi connectivity index (χ0v) is 12.4. The van der Waals surface area contributed by atoms with Crippen molar-refractivity contribution in [2.45, 2.75) is 32.4 Å². The Morgan fingerprint density at radius 2 is 1.85 bits per heavy atom. The highest BCUT2D eigenvalue weighted by Gasteiger charge is 2.03. The van der Waals surface area contributed by atoms with Crippen LogP contribution in [-0.4, -0.2) is 11.1 Å². The van der Waals surface area contributed by atoms with Crippen LogP contribution in [-0.2, 0) is 13.0 Å². The van der Waals surface area contributed by atoms with Crippen molar-refractivity contribution >= 4 is 11.6 Å². The average Bonchev–Trinajstić information content (AvgIpc) is 2.45. The quantitative estimate of drug-likeness (QED) is 0.837. The smallest absolute Gasteiger partial charge is 0.115 e. The number of benzene rings is 2. The topological polar surface area (TPSA) is 32.3 Å². The first kappa shape index (κ1) is 14.9. The second-order valence-corrected chi connectivity index (χ2v) is 5.55. The molecule has 2 nitrogen and oxygen atoms in total. The van der Waals surface area contributed by atoms with E-state index < -0.39 is 0 Å². The third kappa shape index (κ3) is 4.87. The minimum atomic E-state index is 0.320. The summed E-state index contributed by atoms with van der Waals surface area (Å²) in [5.41, 5.74) is 2.45. The standard InChI is InChI=1S/C17H20ClNO/c1-13(5-6-14-7-9-17(20)10-8-14)19-12-15-3-2-4-16(18)11-15/h2-4,7-11,13,19-20H,5-6,12H2,1H3. The first-order valence-electron chi connectivity index (χ1n) is 6.89. The van der Waals surface area contributed by atoms with Crippen molar-refractivity contribution < 1.29 is 5.11 Å². The molecule has 0 fully saturated rings. The van der Waals surface area contributed by atoms with Gasteiger partial charge in [0.05, 0.1) is 0 Å². The van der Waals surface area contributed by atoms with Crippen LogP contribution in [0.3, 0.4) is 0 Å². The molecular formula is C17H20ClNO. The van der Waals surface area contributed by atoms with Crippen molar-refractivity contribution in [3.63, 3.8) is 0 Å². The second kappa shape index (κ2) is 7.32. The van der Waals surface area contributed by atoms with Crippen LogP contribution >= 0.6 is 11.6 Å². The molecule has 1 atom stereocenters. The van der Waals surface area contributed by atoms with Crippen molar-refractivity contribution in [2.75, 3.05) is 0 Å². The first-order valence-corrected chi connectivity index (χ1v) is 7.27. The Bertz CT molecular complexity index is 539. The lowest BCUT2D eigenvalue weighted by atomic mass is 10.1. The van der Waals surface area contributed by atoms with Gasteiger partial charge in [0.25, 0.3) is 0 Å². The van der Waals surface area contributed by atoms with Gasteiger partial charge >= 0.3 is 0 Å². The van der Waals surface area contributed by atoms with Crippen molar-refractivity contribution in [3.8, 4) is 5.75 Å². The van der Waals surface area contributed by atoms with E-state index in [1.807, 2.05) is 30.3 Å². The fourth-order valence-electron chi connectivity index (χ4n) is 2.09. The number of aromatic hydroxyl groups is 1. The molecule has 0 aliphatic carbocycles. The van der Waals surface area contributed by atoms with Gasteiger partial charge in [-0.2, -0.15) is 0 Å². The lowest BCUT2D eigenvalue weighted by Gasteiger charge is -2.14. The Morgan fingerprint density at radius 3 is 2.55 bits per heavy atom. The molecule has 0 radical (unpaired) electrons. The van der Waals surface area contributed by atoms with Crippen LogP contribution in [0.5, 0.6) is 5.75 Å². The van der Waals surface area contributed by atoms with Gasteiger partial charge in [-0.15, -0.1) is 0 Å². The highest BCUT2D eigenvalue weighted by molar-refractivity contribution is 6.30. The first-order chi connectivity index (χ1) is 9.63. The fourth-order valence-corrected chi connectivity index (χ4v) is 2.30.